The number of nitrogens with zero attached hydrogens (tertiary/aromatic N) is 2. The van der Waals surface area contributed by atoms with Gasteiger partial charge in [-0.05, 0) is 48.0 Å². The maximum Gasteiger partial charge on any atom is 0.417 e. The third-order valence-corrected chi connectivity index (χ3v) is 7.77. The summed E-state index contributed by atoms with van der Waals surface area (Å²) >= 11 is 5.55. The van der Waals surface area contributed by atoms with Crippen LogP contribution in [0.1, 0.15) is 25.2 Å². The second kappa shape index (κ2) is 10.3. The van der Waals surface area contributed by atoms with E-state index in [0.29, 0.717) is 22.8 Å². The fourth-order valence-electron chi connectivity index (χ4n) is 3.78. The number of sulfonamides is 1. The van der Waals surface area contributed by atoms with Crippen molar-refractivity contribution in [2.45, 2.75) is 31.3 Å². The molecule has 1 aromatic heterocycles. The molecule has 0 aliphatic rings. The molecule has 0 unspecified atom stereocenters. The summed E-state index contributed by atoms with van der Waals surface area (Å²) in [5.41, 5.74) is 2.24. The number of benzene rings is 3. The minimum absolute atomic E-state index is 0.0169. The number of aromatic nitrogens is 2. The number of hydrogen-bond acceptors (Lipinski definition) is 5. The van der Waals surface area contributed by atoms with Crippen molar-refractivity contribution in [3.63, 3.8) is 0 Å². The number of primary amides is 1. The summed E-state index contributed by atoms with van der Waals surface area (Å²) in [7, 11) is -4.73. The van der Waals surface area contributed by atoms with Crippen LogP contribution in [0, 0.1) is 17.0 Å². The summed E-state index contributed by atoms with van der Waals surface area (Å²) in [5, 5.41) is -0.325. The molecule has 40 heavy (non-hydrogen) atoms. The second-order valence-electron chi connectivity index (χ2n) is 9.51. The first-order chi connectivity index (χ1) is 18.5. The first-order valence-electron chi connectivity index (χ1n) is 11.4. The van der Waals surface area contributed by atoms with Crippen LogP contribution in [0.3, 0.4) is 0 Å². The van der Waals surface area contributed by atoms with Gasteiger partial charge >= 0.3 is 6.18 Å². The Bertz CT molecular complexity index is 1760. The molecule has 3 aromatic carbocycles. The van der Waals surface area contributed by atoms with Crippen molar-refractivity contribution in [3.05, 3.63) is 82.8 Å². The average Bonchev–Trinajstić information content (AvgIpc) is 2.85. The Labute approximate surface area is 230 Å². The van der Waals surface area contributed by atoms with Crippen LogP contribution in [0.25, 0.3) is 22.0 Å². The highest BCUT2D eigenvalue weighted by Gasteiger charge is 2.35. The quantitative estimate of drug-likeness (QED) is 0.249. The molecule has 0 radical (unpaired) electrons. The van der Waals surface area contributed by atoms with Crippen LogP contribution < -0.4 is 10.5 Å². The van der Waals surface area contributed by atoms with E-state index in [2.05, 4.69) is 9.97 Å². The van der Waals surface area contributed by atoms with Crippen LogP contribution in [0.2, 0.25) is 5.02 Å². The third kappa shape index (κ3) is 5.85. The fourth-order valence-corrected chi connectivity index (χ4v) is 5.09. The minimum atomic E-state index is -4.94. The molecule has 0 atom stereocenters. The predicted octanol–water partition coefficient (Wildman–Crippen LogP) is 6.10. The number of carbonyl (C=O) groups is 1. The lowest BCUT2D eigenvalue weighted by atomic mass is 9.88. The van der Waals surface area contributed by atoms with Crippen LogP contribution in [0.15, 0.2) is 59.6 Å². The van der Waals surface area contributed by atoms with E-state index in [-0.39, 0.29) is 12.0 Å². The van der Waals surface area contributed by atoms with E-state index in [0.717, 1.165) is 24.3 Å². The van der Waals surface area contributed by atoms with Gasteiger partial charge in [0.2, 0.25) is 5.91 Å². The average molecular weight is 599 g/mol. The van der Waals surface area contributed by atoms with E-state index in [1.54, 1.807) is 13.8 Å². The number of alkyl halides is 3. The van der Waals surface area contributed by atoms with E-state index >= 15 is 4.39 Å². The zero-order valence-corrected chi connectivity index (χ0v) is 22.3. The van der Waals surface area contributed by atoms with Gasteiger partial charge in [-0.2, -0.15) is 13.2 Å². The standard InChI is InChI=1S/C26H20ClF5N4O3S/c1-25(2,24(33)37)11-21-34-12-14-9-13(3-7-19(14)35-21)22-18(28)6-8-20(23(22)29)36-40(38,39)15-4-5-17(27)16(10-15)26(30,31)32/h3-10,12,36H,11H2,1-2H3,(H2,33,37). The monoisotopic (exact) mass is 598 g/mol. The lowest BCUT2D eigenvalue weighted by Crippen LogP contribution is -2.33. The number of hydrogen-bond donors (Lipinski definition) is 2. The van der Waals surface area contributed by atoms with Crippen LogP contribution in [0.5, 0.6) is 0 Å². The van der Waals surface area contributed by atoms with Crippen molar-refractivity contribution in [2.24, 2.45) is 11.1 Å². The molecule has 0 aliphatic heterocycles. The number of fused-ring (bicyclic) bond motifs is 1. The van der Waals surface area contributed by atoms with E-state index < -0.39 is 65.9 Å². The topological polar surface area (TPSA) is 115 Å². The zero-order valence-electron chi connectivity index (χ0n) is 20.8. The number of nitrogens with one attached hydrogen (secondary N) is 1. The van der Waals surface area contributed by atoms with Gasteiger partial charge in [0.05, 0.1) is 37.7 Å². The van der Waals surface area contributed by atoms with Crippen molar-refractivity contribution in [2.75, 3.05) is 4.72 Å². The molecule has 3 N–H and O–H groups in total. The Morgan fingerprint density at radius 2 is 1.75 bits per heavy atom. The summed E-state index contributed by atoms with van der Waals surface area (Å²) in [5.74, 6) is -2.53. The number of carbonyl (C=O) groups excluding carboxylic acids is 1. The summed E-state index contributed by atoms with van der Waals surface area (Å²) in [6.45, 7) is 3.28. The SMILES string of the molecule is CC(C)(Cc1ncc2cc(-c3c(F)ccc(NS(=O)(=O)c4ccc(Cl)c(C(F)(F)F)c4)c3F)ccc2n1)C(N)=O. The molecule has 1 amide bonds. The molecule has 7 nitrogen and oxygen atoms in total. The smallest absolute Gasteiger partial charge is 0.369 e. The maximum atomic E-state index is 15.5. The largest absolute Gasteiger partial charge is 0.417 e. The molecular formula is C26H20ClF5N4O3S. The Hall–Kier alpha value is -3.84. The van der Waals surface area contributed by atoms with Gasteiger partial charge in [-0.25, -0.2) is 27.2 Å². The lowest BCUT2D eigenvalue weighted by molar-refractivity contribution is -0.137. The number of rotatable bonds is 7. The second-order valence-corrected chi connectivity index (χ2v) is 11.6. The Morgan fingerprint density at radius 3 is 2.40 bits per heavy atom. The van der Waals surface area contributed by atoms with E-state index in [1.807, 2.05) is 4.72 Å². The molecule has 0 saturated heterocycles. The molecule has 0 aliphatic carbocycles. The molecule has 0 fully saturated rings. The number of amides is 1. The van der Waals surface area contributed by atoms with Gasteiger partial charge in [0.15, 0.2) is 5.82 Å². The Morgan fingerprint density at radius 1 is 1.05 bits per heavy atom. The van der Waals surface area contributed by atoms with Crippen molar-refractivity contribution in [3.8, 4) is 11.1 Å². The fraction of sp³-hybridized carbons (Fsp3) is 0.192. The molecule has 210 valence electrons. The lowest BCUT2D eigenvalue weighted by Gasteiger charge is -2.19. The van der Waals surface area contributed by atoms with E-state index in [4.69, 9.17) is 17.3 Å². The summed E-state index contributed by atoms with van der Waals surface area (Å²) < 4.78 is 97.3. The van der Waals surface area contributed by atoms with Gasteiger partial charge in [-0.1, -0.05) is 31.5 Å². The highest BCUT2D eigenvalue weighted by atomic mass is 35.5. The first kappa shape index (κ1) is 29.2. The Balaban J connectivity index is 1.70. The first-order valence-corrected chi connectivity index (χ1v) is 13.3. The minimum Gasteiger partial charge on any atom is -0.369 e. The molecule has 14 heteroatoms. The molecule has 4 aromatic rings. The van der Waals surface area contributed by atoms with Gasteiger partial charge in [0.25, 0.3) is 10.0 Å². The molecular weight excluding hydrogens is 579 g/mol. The van der Waals surface area contributed by atoms with Crippen LogP contribution in [0.4, 0.5) is 27.6 Å². The van der Waals surface area contributed by atoms with Crippen LogP contribution in [-0.4, -0.2) is 24.3 Å². The van der Waals surface area contributed by atoms with E-state index in [1.165, 1.54) is 24.4 Å². The van der Waals surface area contributed by atoms with Crippen molar-refractivity contribution < 1.29 is 35.2 Å². The van der Waals surface area contributed by atoms with Crippen LogP contribution >= 0.6 is 11.6 Å². The molecule has 0 bridgehead atoms. The maximum absolute atomic E-state index is 15.5. The third-order valence-electron chi connectivity index (χ3n) is 6.07. The van der Waals surface area contributed by atoms with Gasteiger partial charge < -0.3 is 5.73 Å². The predicted molar refractivity (Wildman–Crippen MR) is 139 cm³/mol. The summed E-state index contributed by atoms with van der Waals surface area (Å²) in [4.78, 5) is 19.4. The van der Waals surface area contributed by atoms with Crippen molar-refractivity contribution >= 4 is 44.1 Å². The highest BCUT2D eigenvalue weighted by molar-refractivity contribution is 7.92. The normalized spacial score (nSPS) is 12.5. The van der Waals surface area contributed by atoms with Gasteiger partial charge in [-0.15, -0.1) is 0 Å². The molecule has 4 rings (SSSR count). The van der Waals surface area contributed by atoms with Gasteiger partial charge in [-0.3, -0.25) is 9.52 Å². The number of halogens is 6. The molecule has 0 spiro atoms. The van der Waals surface area contributed by atoms with Gasteiger partial charge in [0, 0.05) is 18.0 Å². The number of nitrogens with two attached hydrogens (primary N) is 1. The van der Waals surface area contributed by atoms with Crippen molar-refractivity contribution in [1.82, 2.24) is 9.97 Å². The van der Waals surface area contributed by atoms with Gasteiger partial charge in [0.1, 0.15) is 11.6 Å². The number of anilines is 1. The zero-order chi connectivity index (χ0) is 29.6. The van der Waals surface area contributed by atoms with Crippen LogP contribution in [-0.2, 0) is 27.4 Å². The Kier molecular flexibility index (Phi) is 7.50. The molecule has 1 heterocycles. The van der Waals surface area contributed by atoms with E-state index in [9.17, 15) is 30.8 Å². The van der Waals surface area contributed by atoms with Crippen molar-refractivity contribution in [1.29, 1.82) is 0 Å². The molecule has 0 saturated carbocycles. The summed E-state index contributed by atoms with van der Waals surface area (Å²) in [6, 6.07) is 7.72. The summed E-state index contributed by atoms with van der Waals surface area (Å²) in [6.07, 6.45) is -3.38. The highest BCUT2D eigenvalue weighted by Crippen LogP contribution is 2.37.